The van der Waals surface area contributed by atoms with Gasteiger partial charge >= 0.3 is 0 Å². The first-order valence-corrected chi connectivity index (χ1v) is 9.22. The summed E-state index contributed by atoms with van der Waals surface area (Å²) in [4.78, 5) is 16.8. The SMILES string of the molecule is O=C(C1CCNN1)N1CCCN(c2ccc(-c3ccccc3)nn2)CC1. The van der Waals surface area contributed by atoms with Gasteiger partial charge in [-0.1, -0.05) is 30.3 Å². The number of benzene rings is 1. The average Bonchev–Trinajstić information content (AvgIpc) is 3.13. The van der Waals surface area contributed by atoms with E-state index in [4.69, 9.17) is 0 Å². The fourth-order valence-corrected chi connectivity index (χ4v) is 3.51. The number of hydrogen-bond acceptors (Lipinski definition) is 6. The van der Waals surface area contributed by atoms with Crippen LogP contribution in [0.25, 0.3) is 11.3 Å². The number of carbonyl (C=O) groups excluding carboxylic acids is 1. The van der Waals surface area contributed by atoms with E-state index < -0.39 is 0 Å². The third-order valence-electron chi connectivity index (χ3n) is 4.98. The number of hydrazine groups is 1. The van der Waals surface area contributed by atoms with E-state index in [9.17, 15) is 4.79 Å². The van der Waals surface area contributed by atoms with Crippen molar-refractivity contribution in [1.29, 1.82) is 0 Å². The van der Waals surface area contributed by atoms with Gasteiger partial charge in [0, 0.05) is 38.3 Å². The topological polar surface area (TPSA) is 73.4 Å². The lowest BCUT2D eigenvalue weighted by molar-refractivity contribution is -0.132. The lowest BCUT2D eigenvalue weighted by Crippen LogP contribution is -2.46. The highest BCUT2D eigenvalue weighted by atomic mass is 16.2. The zero-order chi connectivity index (χ0) is 17.8. The van der Waals surface area contributed by atoms with Gasteiger partial charge < -0.3 is 9.80 Å². The Morgan fingerprint density at radius 3 is 2.62 bits per heavy atom. The predicted molar refractivity (Wildman–Crippen MR) is 100 cm³/mol. The van der Waals surface area contributed by atoms with E-state index in [1.54, 1.807) is 0 Å². The third kappa shape index (κ3) is 3.68. The molecule has 3 heterocycles. The summed E-state index contributed by atoms with van der Waals surface area (Å²) in [6.45, 7) is 4.03. The van der Waals surface area contributed by atoms with E-state index in [1.165, 1.54) is 0 Å². The van der Waals surface area contributed by atoms with Crippen molar-refractivity contribution in [2.45, 2.75) is 18.9 Å². The summed E-state index contributed by atoms with van der Waals surface area (Å²) in [5, 5.41) is 8.80. The predicted octanol–water partition coefficient (Wildman–Crippen LogP) is 1.05. The van der Waals surface area contributed by atoms with E-state index in [-0.39, 0.29) is 11.9 Å². The molecule has 7 nitrogen and oxygen atoms in total. The van der Waals surface area contributed by atoms with Gasteiger partial charge in [0.2, 0.25) is 5.91 Å². The van der Waals surface area contributed by atoms with E-state index >= 15 is 0 Å². The van der Waals surface area contributed by atoms with Crippen LogP contribution in [-0.2, 0) is 4.79 Å². The van der Waals surface area contributed by atoms with E-state index in [0.29, 0.717) is 0 Å². The van der Waals surface area contributed by atoms with Crippen LogP contribution in [0.1, 0.15) is 12.8 Å². The number of rotatable bonds is 3. The Morgan fingerprint density at radius 1 is 1.00 bits per heavy atom. The first-order valence-electron chi connectivity index (χ1n) is 9.22. The van der Waals surface area contributed by atoms with Crippen LogP contribution in [0.4, 0.5) is 5.82 Å². The van der Waals surface area contributed by atoms with Gasteiger partial charge in [-0.2, -0.15) is 0 Å². The molecule has 136 valence electrons. The van der Waals surface area contributed by atoms with Gasteiger partial charge in [0.25, 0.3) is 0 Å². The fraction of sp³-hybridized carbons (Fsp3) is 0.421. The van der Waals surface area contributed by atoms with Gasteiger partial charge in [0.1, 0.15) is 6.04 Å². The van der Waals surface area contributed by atoms with Gasteiger partial charge in [0.05, 0.1) is 5.69 Å². The molecule has 1 amide bonds. The molecule has 1 atom stereocenters. The van der Waals surface area contributed by atoms with Crippen molar-refractivity contribution in [3.05, 3.63) is 42.5 Å². The molecule has 0 aliphatic carbocycles. The molecule has 0 spiro atoms. The van der Waals surface area contributed by atoms with Crippen LogP contribution in [0.2, 0.25) is 0 Å². The zero-order valence-corrected chi connectivity index (χ0v) is 14.8. The van der Waals surface area contributed by atoms with Gasteiger partial charge in [-0.05, 0) is 25.0 Å². The molecular formula is C19H24N6O. The maximum atomic E-state index is 12.6. The summed E-state index contributed by atoms with van der Waals surface area (Å²) in [7, 11) is 0. The molecule has 4 rings (SSSR count). The molecule has 2 aromatic rings. The summed E-state index contributed by atoms with van der Waals surface area (Å²) in [6, 6.07) is 14.0. The highest BCUT2D eigenvalue weighted by Crippen LogP contribution is 2.19. The molecule has 1 unspecified atom stereocenters. The summed E-state index contributed by atoms with van der Waals surface area (Å²) < 4.78 is 0. The molecule has 2 aliphatic heterocycles. The molecule has 0 bridgehead atoms. The van der Waals surface area contributed by atoms with E-state index in [0.717, 1.165) is 62.6 Å². The molecule has 2 fully saturated rings. The number of carbonyl (C=O) groups is 1. The molecule has 1 aromatic heterocycles. The number of aromatic nitrogens is 2. The number of nitrogens with one attached hydrogen (secondary N) is 2. The van der Waals surface area contributed by atoms with Crippen LogP contribution < -0.4 is 15.8 Å². The molecule has 2 aliphatic rings. The summed E-state index contributed by atoms with van der Waals surface area (Å²) in [6.07, 6.45) is 1.79. The lowest BCUT2D eigenvalue weighted by Gasteiger charge is -2.24. The van der Waals surface area contributed by atoms with Crippen LogP contribution >= 0.6 is 0 Å². The van der Waals surface area contributed by atoms with Crippen LogP contribution in [-0.4, -0.2) is 59.8 Å². The van der Waals surface area contributed by atoms with Crippen molar-refractivity contribution in [3.63, 3.8) is 0 Å². The minimum Gasteiger partial charge on any atom is -0.353 e. The largest absolute Gasteiger partial charge is 0.353 e. The van der Waals surface area contributed by atoms with E-state index in [2.05, 4.69) is 25.9 Å². The van der Waals surface area contributed by atoms with Gasteiger partial charge in [-0.15, -0.1) is 10.2 Å². The van der Waals surface area contributed by atoms with Crippen molar-refractivity contribution >= 4 is 11.7 Å². The Kier molecular flexibility index (Phi) is 5.08. The van der Waals surface area contributed by atoms with Crippen LogP contribution in [0.3, 0.4) is 0 Å². The highest BCUT2D eigenvalue weighted by Gasteiger charge is 2.28. The maximum Gasteiger partial charge on any atom is 0.241 e. The third-order valence-corrected chi connectivity index (χ3v) is 4.98. The first kappa shape index (κ1) is 16.9. The molecule has 2 N–H and O–H groups in total. The van der Waals surface area contributed by atoms with Gasteiger partial charge in [-0.3, -0.25) is 10.2 Å². The summed E-state index contributed by atoms with van der Waals surface area (Å²) >= 11 is 0. The fourth-order valence-electron chi connectivity index (χ4n) is 3.51. The number of anilines is 1. The monoisotopic (exact) mass is 352 g/mol. The molecule has 1 aromatic carbocycles. The smallest absolute Gasteiger partial charge is 0.241 e. The number of hydrogen-bond donors (Lipinski definition) is 2. The molecule has 0 radical (unpaired) electrons. The highest BCUT2D eigenvalue weighted by molar-refractivity contribution is 5.82. The molecular weight excluding hydrogens is 328 g/mol. The van der Waals surface area contributed by atoms with Crippen molar-refractivity contribution in [1.82, 2.24) is 25.9 Å². The molecule has 2 saturated heterocycles. The minimum atomic E-state index is -0.0912. The van der Waals surface area contributed by atoms with Crippen LogP contribution in [0, 0.1) is 0 Å². The second-order valence-corrected chi connectivity index (χ2v) is 6.72. The first-order chi connectivity index (χ1) is 12.8. The number of amides is 1. The molecule has 26 heavy (non-hydrogen) atoms. The number of nitrogens with zero attached hydrogens (tertiary/aromatic N) is 4. The second kappa shape index (κ2) is 7.80. The zero-order valence-electron chi connectivity index (χ0n) is 14.8. The lowest BCUT2D eigenvalue weighted by atomic mass is 10.1. The molecule has 0 saturated carbocycles. The van der Waals surface area contributed by atoms with Crippen molar-refractivity contribution in [3.8, 4) is 11.3 Å². The van der Waals surface area contributed by atoms with Crippen LogP contribution in [0.15, 0.2) is 42.5 Å². The standard InChI is InChI=1S/C19H24N6O/c26-19(17-9-10-20-21-17)25-12-4-11-24(13-14-25)18-8-7-16(22-23-18)15-5-2-1-3-6-15/h1-3,5-8,17,20-21H,4,9-14H2. The maximum absolute atomic E-state index is 12.6. The summed E-state index contributed by atoms with van der Waals surface area (Å²) in [5.41, 5.74) is 8.04. The minimum absolute atomic E-state index is 0.0912. The van der Waals surface area contributed by atoms with Crippen molar-refractivity contribution < 1.29 is 4.79 Å². The Balaban J connectivity index is 1.40. The van der Waals surface area contributed by atoms with Crippen molar-refractivity contribution in [2.75, 3.05) is 37.6 Å². The normalized spacial score (nSPS) is 20.8. The second-order valence-electron chi connectivity index (χ2n) is 6.72. The Hall–Kier alpha value is -2.51. The van der Waals surface area contributed by atoms with Gasteiger partial charge in [-0.25, -0.2) is 5.43 Å². The Bertz CT molecular complexity index is 729. The van der Waals surface area contributed by atoms with Crippen molar-refractivity contribution in [2.24, 2.45) is 0 Å². The Labute approximate surface area is 153 Å². The average molecular weight is 352 g/mol. The van der Waals surface area contributed by atoms with Gasteiger partial charge in [0.15, 0.2) is 5.82 Å². The Morgan fingerprint density at radius 2 is 1.88 bits per heavy atom. The quantitative estimate of drug-likeness (QED) is 0.860. The molecule has 7 heteroatoms. The van der Waals surface area contributed by atoms with E-state index in [1.807, 2.05) is 47.4 Å². The summed E-state index contributed by atoms with van der Waals surface area (Å²) in [5.74, 6) is 1.07. The van der Waals surface area contributed by atoms with Crippen LogP contribution in [0.5, 0.6) is 0 Å².